The number of carboxylic acid groups (broad SMARTS) is 1. The van der Waals surface area contributed by atoms with Crippen LogP contribution in [0, 0.1) is 5.41 Å². The van der Waals surface area contributed by atoms with Crippen molar-refractivity contribution in [3.63, 3.8) is 0 Å². The second-order valence-corrected chi connectivity index (χ2v) is 9.27. The van der Waals surface area contributed by atoms with Crippen molar-refractivity contribution in [2.45, 2.75) is 39.7 Å². The van der Waals surface area contributed by atoms with E-state index in [0.717, 1.165) is 40.8 Å². The molecule has 0 spiro atoms. The zero-order valence-corrected chi connectivity index (χ0v) is 17.4. The number of pyridine rings is 1. The molecule has 5 nitrogen and oxygen atoms in total. The lowest BCUT2D eigenvalue weighted by molar-refractivity contribution is 0.0696. The molecule has 150 valence electrons. The third-order valence-corrected chi connectivity index (χ3v) is 6.73. The van der Waals surface area contributed by atoms with Crippen LogP contribution in [0.25, 0.3) is 10.4 Å². The first kappa shape index (κ1) is 19.6. The minimum Gasteiger partial charge on any atom is -0.478 e. The molecule has 0 saturated heterocycles. The second-order valence-electron chi connectivity index (χ2n) is 8.17. The van der Waals surface area contributed by atoms with E-state index in [2.05, 4.69) is 18.8 Å². The summed E-state index contributed by atoms with van der Waals surface area (Å²) in [6.07, 6.45) is 6.12. The van der Waals surface area contributed by atoms with E-state index < -0.39 is 5.97 Å². The molecule has 3 aromatic rings. The number of hydrogen-bond acceptors (Lipinski definition) is 5. The van der Waals surface area contributed by atoms with Crippen molar-refractivity contribution in [1.82, 2.24) is 4.98 Å². The lowest BCUT2D eigenvalue weighted by Gasteiger charge is -2.29. The van der Waals surface area contributed by atoms with Crippen molar-refractivity contribution in [1.29, 1.82) is 0 Å². The van der Waals surface area contributed by atoms with Gasteiger partial charge in [0, 0.05) is 22.5 Å². The maximum atomic E-state index is 12.2. The highest BCUT2D eigenvalue weighted by molar-refractivity contribution is 7.16. The Balaban J connectivity index is 1.77. The van der Waals surface area contributed by atoms with Crippen molar-refractivity contribution in [2.75, 3.05) is 0 Å². The average molecular weight is 409 g/mol. The molecule has 0 aliphatic heterocycles. The largest absolute Gasteiger partial charge is 0.478 e. The first-order valence-electron chi connectivity index (χ1n) is 9.67. The molecule has 0 unspecified atom stereocenters. The minimum atomic E-state index is -0.867. The molecule has 2 heterocycles. The number of carbonyl (C=O) groups is 1. The molecule has 0 bridgehead atoms. The van der Waals surface area contributed by atoms with Crippen LogP contribution in [0.3, 0.4) is 0 Å². The van der Waals surface area contributed by atoms with Crippen LogP contribution in [0.15, 0.2) is 42.7 Å². The number of nitrogens with two attached hydrogens (primary N) is 1. The van der Waals surface area contributed by atoms with Gasteiger partial charge in [-0.25, -0.2) is 4.79 Å². The molecule has 1 aromatic carbocycles. The topological polar surface area (TPSA) is 85.4 Å². The lowest BCUT2D eigenvalue weighted by atomic mass is 9.76. The third-order valence-electron chi connectivity index (χ3n) is 5.40. The Morgan fingerprint density at radius 1 is 1.31 bits per heavy atom. The molecule has 4 rings (SSSR count). The molecular weight excluding hydrogens is 384 g/mol. The van der Waals surface area contributed by atoms with E-state index in [-0.39, 0.29) is 5.41 Å². The van der Waals surface area contributed by atoms with E-state index in [9.17, 15) is 9.90 Å². The van der Waals surface area contributed by atoms with Gasteiger partial charge in [-0.3, -0.25) is 4.98 Å². The number of benzene rings is 1. The van der Waals surface area contributed by atoms with Gasteiger partial charge >= 0.3 is 5.97 Å². The maximum absolute atomic E-state index is 12.2. The van der Waals surface area contributed by atoms with E-state index in [1.165, 1.54) is 4.88 Å². The summed E-state index contributed by atoms with van der Waals surface area (Å²) in [4.78, 5) is 18.2. The Morgan fingerprint density at radius 2 is 2.14 bits per heavy atom. The van der Waals surface area contributed by atoms with Crippen molar-refractivity contribution < 1.29 is 14.6 Å². The summed E-state index contributed by atoms with van der Waals surface area (Å²) in [6.45, 7) is 4.70. The van der Waals surface area contributed by atoms with E-state index in [4.69, 9.17) is 10.5 Å². The molecule has 1 aliphatic carbocycles. The number of rotatable bonds is 5. The zero-order chi connectivity index (χ0) is 20.6. The quantitative estimate of drug-likeness (QED) is 0.600. The molecule has 29 heavy (non-hydrogen) atoms. The van der Waals surface area contributed by atoms with Crippen LogP contribution in [-0.2, 0) is 19.4 Å². The number of fused-ring (bicyclic) bond motifs is 1. The molecule has 0 radical (unpaired) electrons. The Kier molecular flexibility index (Phi) is 5.15. The summed E-state index contributed by atoms with van der Waals surface area (Å²) < 4.78 is 5.87. The summed E-state index contributed by atoms with van der Waals surface area (Å²) in [5.41, 5.74) is 9.32. The fourth-order valence-corrected chi connectivity index (χ4v) is 5.27. The van der Waals surface area contributed by atoms with Crippen LogP contribution >= 0.6 is 11.3 Å². The zero-order valence-electron chi connectivity index (χ0n) is 16.6. The van der Waals surface area contributed by atoms with Gasteiger partial charge in [-0.05, 0) is 71.7 Å². The van der Waals surface area contributed by atoms with Gasteiger partial charge in [-0.1, -0.05) is 13.8 Å². The van der Waals surface area contributed by atoms with Gasteiger partial charge in [0.05, 0.1) is 11.8 Å². The number of hydrogen-bond donors (Lipinski definition) is 2. The lowest BCUT2D eigenvalue weighted by Crippen LogP contribution is -2.22. The third kappa shape index (κ3) is 3.91. The van der Waals surface area contributed by atoms with Gasteiger partial charge in [0.25, 0.3) is 0 Å². The molecule has 0 saturated carbocycles. The smallest absolute Gasteiger partial charge is 0.337 e. The average Bonchev–Trinajstić information content (AvgIpc) is 3.06. The highest BCUT2D eigenvalue weighted by Crippen LogP contribution is 2.46. The fraction of sp³-hybridized carbons (Fsp3) is 0.304. The molecular formula is C23H24N2O3S. The van der Waals surface area contributed by atoms with Crippen molar-refractivity contribution in [2.24, 2.45) is 11.1 Å². The van der Waals surface area contributed by atoms with Gasteiger partial charge in [-0.15, -0.1) is 11.3 Å². The highest BCUT2D eigenvalue weighted by atomic mass is 32.1. The summed E-state index contributed by atoms with van der Waals surface area (Å²) in [5, 5.41) is 10.00. The van der Waals surface area contributed by atoms with Crippen LogP contribution in [0.5, 0.6) is 11.5 Å². The normalized spacial score (nSPS) is 15.0. The number of ether oxygens (including phenoxy) is 1. The Morgan fingerprint density at radius 3 is 2.83 bits per heavy atom. The van der Waals surface area contributed by atoms with E-state index in [1.54, 1.807) is 23.7 Å². The summed E-state index contributed by atoms with van der Waals surface area (Å²) in [6, 6.07) is 9.31. The van der Waals surface area contributed by atoms with Crippen molar-refractivity contribution in [3.05, 3.63) is 64.3 Å². The number of aryl methyl sites for hydroxylation is 1. The maximum Gasteiger partial charge on any atom is 0.337 e. The van der Waals surface area contributed by atoms with Crippen LogP contribution in [0.2, 0.25) is 0 Å². The highest BCUT2D eigenvalue weighted by Gasteiger charge is 2.33. The molecule has 0 fully saturated rings. The first-order chi connectivity index (χ1) is 13.9. The van der Waals surface area contributed by atoms with E-state index >= 15 is 0 Å². The number of thiophene rings is 1. The molecule has 2 aromatic heterocycles. The second kappa shape index (κ2) is 7.61. The Hall–Kier alpha value is -2.70. The van der Waals surface area contributed by atoms with Gasteiger partial charge in [0.2, 0.25) is 0 Å². The number of aromatic nitrogens is 1. The Bertz CT molecular complexity index is 1060. The summed E-state index contributed by atoms with van der Waals surface area (Å²) in [7, 11) is 0. The monoisotopic (exact) mass is 408 g/mol. The predicted molar refractivity (Wildman–Crippen MR) is 115 cm³/mol. The molecule has 0 amide bonds. The van der Waals surface area contributed by atoms with E-state index in [0.29, 0.717) is 23.6 Å². The van der Waals surface area contributed by atoms with Gasteiger partial charge < -0.3 is 15.6 Å². The number of aromatic carboxylic acids is 1. The van der Waals surface area contributed by atoms with Crippen LogP contribution in [0.1, 0.15) is 46.6 Å². The SMILES string of the molecule is CC1(C)CCc2sc(-c3ccc(Oc4cccnc4)cc3CN)c(C(=O)O)c2C1. The minimum absolute atomic E-state index is 0.119. The molecule has 3 N–H and O–H groups in total. The summed E-state index contributed by atoms with van der Waals surface area (Å²) >= 11 is 1.60. The molecule has 0 atom stereocenters. The number of nitrogens with zero attached hydrogens (tertiary/aromatic N) is 1. The van der Waals surface area contributed by atoms with Crippen molar-refractivity contribution in [3.8, 4) is 21.9 Å². The van der Waals surface area contributed by atoms with Gasteiger partial charge in [0.15, 0.2) is 0 Å². The summed E-state index contributed by atoms with van der Waals surface area (Å²) in [5.74, 6) is 0.429. The van der Waals surface area contributed by atoms with Gasteiger partial charge in [-0.2, -0.15) is 0 Å². The van der Waals surface area contributed by atoms with Crippen LogP contribution in [0.4, 0.5) is 0 Å². The first-order valence-corrected chi connectivity index (χ1v) is 10.5. The van der Waals surface area contributed by atoms with Crippen molar-refractivity contribution >= 4 is 17.3 Å². The predicted octanol–water partition coefficient (Wildman–Crippen LogP) is 5.27. The molecule has 6 heteroatoms. The van der Waals surface area contributed by atoms with Crippen LogP contribution < -0.4 is 10.5 Å². The van der Waals surface area contributed by atoms with Gasteiger partial charge in [0.1, 0.15) is 11.5 Å². The number of carboxylic acids is 1. The Labute approximate surface area is 174 Å². The standard InChI is InChI=1S/C23H24N2O3S/c1-23(2)8-7-19-18(11-23)20(22(26)27)21(29-19)17-6-5-15(10-14(17)12-24)28-16-4-3-9-25-13-16/h3-6,9-10,13H,7-8,11-12,24H2,1-2H3,(H,26,27). The fourth-order valence-electron chi connectivity index (χ4n) is 3.90. The molecule has 1 aliphatic rings. The van der Waals surface area contributed by atoms with E-state index in [1.807, 2.05) is 30.3 Å². The van der Waals surface area contributed by atoms with Crippen LogP contribution in [-0.4, -0.2) is 16.1 Å².